The van der Waals surface area contributed by atoms with Gasteiger partial charge in [0, 0.05) is 37.9 Å². The number of nitrogens with zero attached hydrogens (tertiary/aromatic N) is 4. The van der Waals surface area contributed by atoms with Gasteiger partial charge < -0.3 is 19.3 Å². The smallest absolute Gasteiger partial charge is 0.257 e. The van der Waals surface area contributed by atoms with Gasteiger partial charge in [0.15, 0.2) is 11.5 Å². The second kappa shape index (κ2) is 9.87. The van der Waals surface area contributed by atoms with Crippen molar-refractivity contribution in [3.63, 3.8) is 0 Å². The number of amides is 1. The first-order chi connectivity index (χ1) is 15.6. The van der Waals surface area contributed by atoms with E-state index < -0.39 is 0 Å². The average Bonchev–Trinajstić information content (AvgIpc) is 3.27. The summed E-state index contributed by atoms with van der Waals surface area (Å²) < 4.78 is 12.7. The molecule has 32 heavy (non-hydrogen) atoms. The number of piperazine rings is 1. The molecule has 168 valence electrons. The number of carbonyl (C=O) groups is 1. The number of ether oxygens (including phenoxy) is 2. The minimum absolute atomic E-state index is 0.0184. The van der Waals surface area contributed by atoms with Gasteiger partial charge >= 0.3 is 0 Å². The number of carbonyl (C=O) groups excluding carboxylic acids is 1. The highest BCUT2D eigenvalue weighted by Crippen LogP contribution is 2.33. The topological polar surface area (TPSA) is 59.8 Å². The zero-order valence-corrected chi connectivity index (χ0v) is 19.0. The van der Waals surface area contributed by atoms with Crippen molar-refractivity contribution in [2.45, 2.75) is 13.5 Å². The van der Waals surface area contributed by atoms with Gasteiger partial charge in [0.05, 0.1) is 26.3 Å². The molecular weight excluding hydrogens is 404 g/mol. The van der Waals surface area contributed by atoms with Gasteiger partial charge in [-0.05, 0) is 30.3 Å². The Kier molecular flexibility index (Phi) is 6.75. The standard InChI is InChI=1S/C25H30N4O3/c1-4-27-12-14-28(15-13-27)25(30)21-18-29(17-19-8-6-5-7-9-19)26-24(21)20-10-11-22(31-2)23(16-20)32-3/h5-11,16,18H,4,12-15,17H2,1-3H3. The highest BCUT2D eigenvalue weighted by Gasteiger charge is 2.26. The van der Waals surface area contributed by atoms with Crippen LogP contribution in [0.25, 0.3) is 11.3 Å². The number of aromatic nitrogens is 2. The summed E-state index contributed by atoms with van der Waals surface area (Å²) in [5, 5.41) is 4.82. The molecule has 0 N–H and O–H groups in total. The Balaban J connectivity index is 1.70. The average molecular weight is 435 g/mol. The van der Waals surface area contributed by atoms with E-state index in [-0.39, 0.29) is 5.91 Å². The number of hydrogen-bond acceptors (Lipinski definition) is 5. The van der Waals surface area contributed by atoms with Crippen LogP contribution in [0.3, 0.4) is 0 Å². The molecule has 2 aromatic carbocycles. The number of likely N-dealkylation sites (N-methyl/N-ethyl adjacent to an activating group) is 1. The van der Waals surface area contributed by atoms with Gasteiger partial charge in [0.1, 0.15) is 5.69 Å². The SMILES string of the molecule is CCN1CCN(C(=O)c2cn(Cc3ccccc3)nc2-c2ccc(OC)c(OC)c2)CC1. The lowest BCUT2D eigenvalue weighted by Gasteiger charge is -2.34. The van der Waals surface area contributed by atoms with E-state index >= 15 is 0 Å². The normalized spacial score (nSPS) is 14.4. The zero-order chi connectivity index (χ0) is 22.5. The van der Waals surface area contributed by atoms with Crippen LogP contribution in [0.5, 0.6) is 11.5 Å². The second-order valence-electron chi connectivity index (χ2n) is 7.87. The van der Waals surface area contributed by atoms with Crippen LogP contribution >= 0.6 is 0 Å². The largest absolute Gasteiger partial charge is 0.493 e. The van der Waals surface area contributed by atoms with Gasteiger partial charge in [-0.1, -0.05) is 37.3 Å². The van der Waals surface area contributed by atoms with Gasteiger partial charge in [-0.3, -0.25) is 9.48 Å². The van der Waals surface area contributed by atoms with Crippen LogP contribution in [-0.2, 0) is 6.54 Å². The number of hydrogen-bond donors (Lipinski definition) is 0. The lowest BCUT2D eigenvalue weighted by Crippen LogP contribution is -2.48. The van der Waals surface area contributed by atoms with Crippen molar-refractivity contribution >= 4 is 5.91 Å². The van der Waals surface area contributed by atoms with Gasteiger partial charge in [-0.15, -0.1) is 0 Å². The molecule has 7 nitrogen and oxygen atoms in total. The molecule has 1 aliphatic heterocycles. The third-order valence-corrected chi connectivity index (χ3v) is 5.94. The van der Waals surface area contributed by atoms with E-state index in [0.717, 1.165) is 43.9 Å². The minimum Gasteiger partial charge on any atom is -0.493 e. The number of methoxy groups -OCH3 is 2. The summed E-state index contributed by atoms with van der Waals surface area (Å²) in [5.74, 6) is 1.27. The van der Waals surface area contributed by atoms with Crippen molar-refractivity contribution < 1.29 is 14.3 Å². The van der Waals surface area contributed by atoms with Crippen LogP contribution in [0.2, 0.25) is 0 Å². The first-order valence-electron chi connectivity index (χ1n) is 11.0. The van der Waals surface area contributed by atoms with E-state index in [1.165, 1.54) is 0 Å². The Morgan fingerprint density at radius 3 is 2.34 bits per heavy atom. The molecule has 0 radical (unpaired) electrons. The van der Waals surface area contributed by atoms with Crippen molar-refractivity contribution in [2.24, 2.45) is 0 Å². The predicted molar refractivity (Wildman–Crippen MR) is 124 cm³/mol. The fraction of sp³-hybridized carbons (Fsp3) is 0.360. The van der Waals surface area contributed by atoms with Crippen molar-refractivity contribution in [1.82, 2.24) is 19.6 Å². The molecule has 4 rings (SSSR count). The summed E-state index contributed by atoms with van der Waals surface area (Å²) in [7, 11) is 3.21. The zero-order valence-electron chi connectivity index (χ0n) is 19.0. The van der Waals surface area contributed by atoms with E-state index in [2.05, 4.69) is 24.0 Å². The van der Waals surface area contributed by atoms with Crippen LogP contribution in [0, 0.1) is 0 Å². The van der Waals surface area contributed by atoms with Crippen molar-refractivity contribution in [3.05, 3.63) is 65.9 Å². The molecule has 0 spiro atoms. The Bertz CT molecular complexity index is 1060. The summed E-state index contributed by atoms with van der Waals surface area (Å²) in [5.41, 5.74) is 3.22. The van der Waals surface area contributed by atoms with E-state index in [1.54, 1.807) is 14.2 Å². The lowest BCUT2D eigenvalue weighted by molar-refractivity contribution is 0.0644. The molecular formula is C25H30N4O3. The Morgan fingerprint density at radius 1 is 0.969 bits per heavy atom. The molecule has 1 amide bonds. The maximum absolute atomic E-state index is 13.5. The molecule has 0 unspecified atom stereocenters. The molecule has 0 aliphatic carbocycles. The summed E-state index contributed by atoms with van der Waals surface area (Å²) in [6, 6.07) is 15.8. The molecule has 1 fully saturated rings. The molecule has 0 atom stereocenters. The summed E-state index contributed by atoms with van der Waals surface area (Å²) in [6.07, 6.45) is 1.87. The first-order valence-corrected chi connectivity index (χ1v) is 11.0. The van der Waals surface area contributed by atoms with Crippen LogP contribution in [0.1, 0.15) is 22.8 Å². The maximum atomic E-state index is 13.5. The number of rotatable bonds is 7. The highest BCUT2D eigenvalue weighted by molar-refractivity contribution is 6.00. The second-order valence-corrected chi connectivity index (χ2v) is 7.87. The van der Waals surface area contributed by atoms with Gasteiger partial charge in [0.25, 0.3) is 5.91 Å². The summed E-state index contributed by atoms with van der Waals surface area (Å²) in [4.78, 5) is 17.8. The predicted octanol–water partition coefficient (Wildman–Crippen LogP) is 3.39. The molecule has 2 heterocycles. The monoisotopic (exact) mass is 434 g/mol. The highest BCUT2D eigenvalue weighted by atomic mass is 16.5. The quantitative estimate of drug-likeness (QED) is 0.571. The Labute approximate surface area is 189 Å². The van der Waals surface area contributed by atoms with Crippen molar-refractivity contribution in [2.75, 3.05) is 46.9 Å². The fourth-order valence-corrected chi connectivity index (χ4v) is 4.06. The van der Waals surface area contributed by atoms with Crippen molar-refractivity contribution in [1.29, 1.82) is 0 Å². The first kappa shape index (κ1) is 21.9. The van der Waals surface area contributed by atoms with E-state index in [4.69, 9.17) is 14.6 Å². The Morgan fingerprint density at radius 2 is 1.69 bits per heavy atom. The van der Waals surface area contributed by atoms with Crippen LogP contribution in [0.15, 0.2) is 54.7 Å². The summed E-state index contributed by atoms with van der Waals surface area (Å²) >= 11 is 0. The van der Waals surface area contributed by atoms with Gasteiger partial charge in [-0.25, -0.2) is 0 Å². The van der Waals surface area contributed by atoms with Crippen LogP contribution in [0.4, 0.5) is 0 Å². The fourth-order valence-electron chi connectivity index (χ4n) is 4.06. The summed E-state index contributed by atoms with van der Waals surface area (Å²) in [6.45, 7) is 6.99. The van der Waals surface area contributed by atoms with Gasteiger partial charge in [0.2, 0.25) is 0 Å². The molecule has 3 aromatic rings. The van der Waals surface area contributed by atoms with Crippen LogP contribution < -0.4 is 9.47 Å². The maximum Gasteiger partial charge on any atom is 0.257 e. The molecule has 0 bridgehead atoms. The van der Waals surface area contributed by atoms with E-state index in [0.29, 0.717) is 29.3 Å². The number of benzene rings is 2. The molecule has 1 saturated heterocycles. The van der Waals surface area contributed by atoms with Crippen LogP contribution in [-0.4, -0.2) is 72.4 Å². The van der Waals surface area contributed by atoms with Gasteiger partial charge in [-0.2, -0.15) is 5.10 Å². The minimum atomic E-state index is 0.0184. The third kappa shape index (κ3) is 4.62. The van der Waals surface area contributed by atoms with E-state index in [1.807, 2.05) is 52.2 Å². The molecule has 1 aromatic heterocycles. The van der Waals surface area contributed by atoms with Crippen molar-refractivity contribution in [3.8, 4) is 22.8 Å². The third-order valence-electron chi connectivity index (χ3n) is 5.94. The van der Waals surface area contributed by atoms with E-state index in [9.17, 15) is 4.79 Å². The Hall–Kier alpha value is -3.32. The lowest BCUT2D eigenvalue weighted by atomic mass is 10.1. The molecule has 1 aliphatic rings. The molecule has 7 heteroatoms. The molecule has 0 saturated carbocycles.